The van der Waals surface area contributed by atoms with Gasteiger partial charge in [-0.2, -0.15) is 0 Å². The molecule has 8 heteroatoms. The zero-order chi connectivity index (χ0) is 23.2. The van der Waals surface area contributed by atoms with E-state index in [4.69, 9.17) is 0 Å². The normalized spacial score (nSPS) is 26.8. The quantitative estimate of drug-likeness (QED) is 0.481. The molecule has 2 aromatic heterocycles. The molecule has 170 valence electrons. The van der Waals surface area contributed by atoms with Crippen LogP contribution in [0.3, 0.4) is 0 Å². The minimum absolute atomic E-state index is 0.0669. The molecule has 0 radical (unpaired) electrons. The molecule has 4 atom stereocenters. The fourth-order valence-corrected chi connectivity index (χ4v) is 5.43. The van der Waals surface area contributed by atoms with E-state index >= 15 is 0 Å². The van der Waals surface area contributed by atoms with Gasteiger partial charge in [0.1, 0.15) is 5.54 Å². The molecule has 4 heterocycles. The van der Waals surface area contributed by atoms with Gasteiger partial charge in [0, 0.05) is 36.3 Å². The topological polar surface area (TPSA) is 115 Å². The molecule has 8 nitrogen and oxygen atoms in total. The summed E-state index contributed by atoms with van der Waals surface area (Å²) in [6, 6.07) is 12.3. The lowest BCUT2D eigenvalue weighted by Gasteiger charge is -2.31. The van der Waals surface area contributed by atoms with Crippen molar-refractivity contribution >= 4 is 28.7 Å². The number of amides is 2. The van der Waals surface area contributed by atoms with Gasteiger partial charge in [-0.25, -0.2) is 0 Å². The predicted molar refractivity (Wildman–Crippen MR) is 121 cm³/mol. The first kappa shape index (κ1) is 21.3. The van der Waals surface area contributed by atoms with Gasteiger partial charge >= 0.3 is 5.97 Å². The first-order valence-electron chi connectivity index (χ1n) is 11.3. The van der Waals surface area contributed by atoms with Crippen molar-refractivity contribution < 1.29 is 19.5 Å². The molecule has 3 N–H and O–H groups in total. The second kappa shape index (κ2) is 8.12. The number of aromatic nitrogens is 2. The molecule has 0 aliphatic carbocycles. The Morgan fingerprint density at radius 2 is 1.94 bits per heavy atom. The number of carboxylic acid groups (broad SMARTS) is 1. The Bertz CT molecular complexity index is 1220. The number of carbonyl (C=O) groups excluding carboxylic acids is 2. The van der Waals surface area contributed by atoms with Crippen LogP contribution >= 0.6 is 0 Å². The van der Waals surface area contributed by atoms with Crippen LogP contribution in [0.5, 0.6) is 0 Å². The number of pyridine rings is 1. The van der Waals surface area contributed by atoms with Gasteiger partial charge in [0.2, 0.25) is 11.8 Å². The summed E-state index contributed by atoms with van der Waals surface area (Å²) in [5.41, 5.74) is 0.606. The van der Waals surface area contributed by atoms with Gasteiger partial charge in [-0.05, 0) is 30.2 Å². The summed E-state index contributed by atoms with van der Waals surface area (Å²) >= 11 is 0. The average Bonchev–Trinajstić information content (AvgIpc) is 3.46. The Kier molecular flexibility index (Phi) is 5.25. The number of aromatic amines is 1. The molecule has 2 aliphatic rings. The highest BCUT2D eigenvalue weighted by atomic mass is 16.4. The zero-order valence-electron chi connectivity index (χ0n) is 18.3. The summed E-state index contributed by atoms with van der Waals surface area (Å²) in [5, 5.41) is 14.7. The number of imide groups is 1. The van der Waals surface area contributed by atoms with Crippen LogP contribution in [0.4, 0.5) is 0 Å². The number of para-hydroxylation sites is 1. The third kappa shape index (κ3) is 3.24. The summed E-state index contributed by atoms with van der Waals surface area (Å²) in [4.78, 5) is 48.8. The van der Waals surface area contributed by atoms with Crippen LogP contribution in [0.1, 0.15) is 37.1 Å². The van der Waals surface area contributed by atoms with Crippen molar-refractivity contribution in [2.45, 2.75) is 37.8 Å². The Morgan fingerprint density at radius 1 is 1.15 bits per heavy atom. The summed E-state index contributed by atoms with van der Waals surface area (Å²) in [6.45, 7) is 2.29. The highest BCUT2D eigenvalue weighted by molar-refractivity contribution is 6.09. The minimum Gasteiger partial charge on any atom is -0.480 e. The number of nitrogens with one attached hydrogen (secondary N) is 2. The molecule has 4 unspecified atom stereocenters. The highest BCUT2D eigenvalue weighted by Gasteiger charge is 2.68. The monoisotopic (exact) mass is 446 g/mol. The third-order valence-electron chi connectivity index (χ3n) is 7.01. The third-order valence-corrected chi connectivity index (χ3v) is 7.01. The van der Waals surface area contributed by atoms with Crippen molar-refractivity contribution in [2.75, 3.05) is 6.54 Å². The SMILES string of the molecule is CCCCN1C(=O)C2C(c3ccccn3)NC(Cc3c[nH]c4ccccc34)(C(=O)O)C2C1=O. The Labute approximate surface area is 191 Å². The number of benzene rings is 1. The standard InChI is InChI=1S/C25H26N4O4/c1-2-3-12-29-22(30)19-20(23(29)31)25(24(32)33,28-21(19)18-10-6-7-11-26-18)13-15-14-27-17-9-5-4-8-16(15)17/h4-11,14,19-21,27-28H,2-3,12-13H2,1H3,(H,32,33). The summed E-state index contributed by atoms with van der Waals surface area (Å²) in [7, 11) is 0. The Balaban J connectivity index is 1.63. The number of carbonyl (C=O) groups is 3. The fourth-order valence-electron chi connectivity index (χ4n) is 5.43. The van der Waals surface area contributed by atoms with Crippen LogP contribution in [0, 0.1) is 11.8 Å². The van der Waals surface area contributed by atoms with Gasteiger partial charge in [0.05, 0.1) is 23.6 Å². The molecule has 2 aliphatic heterocycles. The number of unbranched alkanes of at least 4 members (excludes halogenated alkanes) is 1. The number of hydrogen-bond acceptors (Lipinski definition) is 5. The van der Waals surface area contributed by atoms with Crippen LogP contribution in [-0.4, -0.2) is 49.8 Å². The molecule has 5 rings (SSSR count). The van der Waals surface area contributed by atoms with E-state index in [9.17, 15) is 19.5 Å². The van der Waals surface area contributed by atoms with Crippen molar-refractivity contribution in [1.82, 2.24) is 20.2 Å². The molecule has 0 bridgehead atoms. The smallest absolute Gasteiger partial charge is 0.325 e. The molecule has 3 aromatic rings. The Morgan fingerprint density at radius 3 is 2.67 bits per heavy atom. The molecule has 2 fully saturated rings. The van der Waals surface area contributed by atoms with E-state index in [0.29, 0.717) is 18.7 Å². The lowest BCUT2D eigenvalue weighted by Crippen LogP contribution is -2.57. The number of H-pyrrole nitrogens is 1. The predicted octanol–water partition coefficient (Wildman–Crippen LogP) is 2.67. The van der Waals surface area contributed by atoms with Gasteiger partial charge in [-0.3, -0.25) is 29.6 Å². The molecule has 0 saturated carbocycles. The molecule has 0 spiro atoms. The Hall–Kier alpha value is -3.52. The summed E-state index contributed by atoms with van der Waals surface area (Å²) in [5.74, 6) is -3.69. The average molecular weight is 447 g/mol. The van der Waals surface area contributed by atoms with E-state index < -0.39 is 35.3 Å². The molecule has 2 amide bonds. The summed E-state index contributed by atoms with van der Waals surface area (Å²) in [6.07, 6.45) is 4.98. The molecular weight excluding hydrogens is 420 g/mol. The number of aliphatic carboxylic acids is 1. The maximum Gasteiger partial charge on any atom is 0.325 e. The maximum atomic E-state index is 13.6. The van der Waals surface area contributed by atoms with Crippen LogP contribution < -0.4 is 5.32 Å². The van der Waals surface area contributed by atoms with E-state index in [1.807, 2.05) is 31.2 Å². The number of nitrogens with zero attached hydrogens (tertiary/aromatic N) is 2. The second-order valence-corrected chi connectivity index (χ2v) is 8.87. The summed E-state index contributed by atoms with van der Waals surface area (Å²) < 4.78 is 0. The van der Waals surface area contributed by atoms with Crippen LogP contribution in [0.25, 0.3) is 10.9 Å². The van der Waals surface area contributed by atoms with Crippen LogP contribution in [0.15, 0.2) is 54.9 Å². The van der Waals surface area contributed by atoms with E-state index in [-0.39, 0.29) is 12.3 Å². The van der Waals surface area contributed by atoms with Crippen LogP contribution in [-0.2, 0) is 20.8 Å². The van der Waals surface area contributed by atoms with Crippen molar-refractivity contribution in [3.05, 3.63) is 66.1 Å². The van der Waals surface area contributed by atoms with Gasteiger partial charge < -0.3 is 10.1 Å². The van der Waals surface area contributed by atoms with Crippen LogP contribution in [0.2, 0.25) is 0 Å². The fraction of sp³-hybridized carbons (Fsp3) is 0.360. The minimum atomic E-state index is -1.63. The van der Waals surface area contributed by atoms with Crippen molar-refractivity contribution in [3.8, 4) is 0 Å². The zero-order valence-corrected chi connectivity index (χ0v) is 18.3. The molecule has 1 aromatic carbocycles. The number of fused-ring (bicyclic) bond motifs is 2. The van der Waals surface area contributed by atoms with E-state index in [2.05, 4.69) is 15.3 Å². The number of likely N-dealkylation sites (tertiary alicyclic amines) is 1. The highest BCUT2D eigenvalue weighted by Crippen LogP contribution is 2.50. The molecule has 33 heavy (non-hydrogen) atoms. The van der Waals surface area contributed by atoms with E-state index in [1.165, 1.54) is 4.90 Å². The van der Waals surface area contributed by atoms with Gasteiger partial charge in [0.15, 0.2) is 0 Å². The van der Waals surface area contributed by atoms with Crippen molar-refractivity contribution in [1.29, 1.82) is 0 Å². The molecular formula is C25H26N4O4. The van der Waals surface area contributed by atoms with Crippen molar-refractivity contribution in [2.24, 2.45) is 11.8 Å². The van der Waals surface area contributed by atoms with Crippen molar-refractivity contribution in [3.63, 3.8) is 0 Å². The first-order chi connectivity index (χ1) is 16.0. The van der Waals surface area contributed by atoms with Gasteiger partial charge in [-0.15, -0.1) is 0 Å². The molecule has 2 saturated heterocycles. The second-order valence-electron chi connectivity index (χ2n) is 8.87. The van der Waals surface area contributed by atoms with Gasteiger partial charge in [0.25, 0.3) is 0 Å². The van der Waals surface area contributed by atoms with E-state index in [0.717, 1.165) is 22.9 Å². The van der Waals surface area contributed by atoms with E-state index in [1.54, 1.807) is 30.6 Å². The number of hydrogen-bond donors (Lipinski definition) is 3. The lowest BCUT2D eigenvalue weighted by molar-refractivity contribution is -0.151. The lowest BCUT2D eigenvalue weighted by atomic mass is 9.76. The van der Waals surface area contributed by atoms with Gasteiger partial charge in [-0.1, -0.05) is 37.6 Å². The maximum absolute atomic E-state index is 13.6. The number of carboxylic acids is 1. The largest absolute Gasteiger partial charge is 0.480 e. The first-order valence-corrected chi connectivity index (χ1v) is 11.3. The number of rotatable bonds is 7.